The number of aromatic nitrogens is 1. The summed E-state index contributed by atoms with van der Waals surface area (Å²) in [7, 11) is 0. The van der Waals surface area contributed by atoms with Crippen molar-refractivity contribution in [3.05, 3.63) is 24.4 Å². The molecule has 1 aliphatic heterocycles. The van der Waals surface area contributed by atoms with Gasteiger partial charge in [0.2, 0.25) is 5.91 Å². The fourth-order valence-electron chi connectivity index (χ4n) is 4.15. The smallest absolute Gasteiger partial charge is 0.223 e. The van der Waals surface area contributed by atoms with Gasteiger partial charge in [0.25, 0.3) is 0 Å². The van der Waals surface area contributed by atoms with E-state index in [0.717, 1.165) is 57.8 Å². The van der Waals surface area contributed by atoms with Gasteiger partial charge in [-0.05, 0) is 44.4 Å². The highest BCUT2D eigenvalue weighted by Gasteiger charge is 2.32. The topological polar surface area (TPSA) is 74.5 Å². The number of carbonyl (C=O) groups is 1. The minimum Gasteiger partial charge on any atom is -0.354 e. The van der Waals surface area contributed by atoms with Crippen LogP contribution in [0.4, 0.5) is 5.82 Å². The summed E-state index contributed by atoms with van der Waals surface area (Å²) in [4.78, 5) is 21.7. The van der Waals surface area contributed by atoms with Gasteiger partial charge in [0.15, 0.2) is 0 Å². The lowest BCUT2D eigenvalue weighted by atomic mass is 9.95. The van der Waals surface area contributed by atoms with Crippen molar-refractivity contribution < 1.29 is 4.79 Å². The van der Waals surface area contributed by atoms with E-state index in [1.807, 2.05) is 18.3 Å². The molecule has 2 aliphatic rings. The highest BCUT2D eigenvalue weighted by atomic mass is 16.2. The van der Waals surface area contributed by atoms with E-state index in [9.17, 15) is 4.79 Å². The van der Waals surface area contributed by atoms with E-state index >= 15 is 0 Å². The predicted octanol–water partition coefficient (Wildman–Crippen LogP) is 1.08. The van der Waals surface area contributed by atoms with Gasteiger partial charge in [0.1, 0.15) is 5.82 Å². The standard InChI is InChI=1S/C19H31N5O/c1-15(22-19(25)17-6-4-5-16(17)13-20)14-23-9-11-24(12-10-23)18-7-2-3-8-21-18/h2-3,7-8,15-17H,4-6,9-14,20H2,1H3,(H,22,25)/t15?,16-,17-/m1/s1. The van der Waals surface area contributed by atoms with Gasteiger partial charge in [-0.1, -0.05) is 12.5 Å². The van der Waals surface area contributed by atoms with Crippen molar-refractivity contribution in [3.63, 3.8) is 0 Å². The van der Waals surface area contributed by atoms with E-state index in [1.54, 1.807) is 0 Å². The molecule has 0 aromatic carbocycles. The number of anilines is 1. The summed E-state index contributed by atoms with van der Waals surface area (Å²) in [6.07, 6.45) is 5.06. The molecule has 1 amide bonds. The second kappa shape index (κ2) is 8.63. The molecule has 0 spiro atoms. The molecular formula is C19H31N5O. The van der Waals surface area contributed by atoms with E-state index in [1.165, 1.54) is 0 Å². The first-order valence-electron chi connectivity index (χ1n) is 9.56. The summed E-state index contributed by atoms with van der Waals surface area (Å²) in [6, 6.07) is 6.22. The number of nitrogens with zero attached hydrogens (tertiary/aromatic N) is 3. The number of nitrogens with two attached hydrogens (primary N) is 1. The molecule has 3 rings (SSSR count). The van der Waals surface area contributed by atoms with Gasteiger partial charge in [0, 0.05) is 50.9 Å². The molecule has 3 N–H and O–H groups in total. The second-order valence-corrected chi connectivity index (χ2v) is 7.42. The first-order chi connectivity index (χ1) is 12.2. The fraction of sp³-hybridized carbons (Fsp3) is 0.684. The summed E-state index contributed by atoms with van der Waals surface area (Å²) in [5.74, 6) is 1.74. The molecule has 3 atom stereocenters. The summed E-state index contributed by atoms with van der Waals surface area (Å²) < 4.78 is 0. The first kappa shape index (κ1) is 18.1. The maximum Gasteiger partial charge on any atom is 0.223 e. The lowest BCUT2D eigenvalue weighted by Crippen LogP contribution is -2.51. The van der Waals surface area contributed by atoms with Crippen LogP contribution in [0.25, 0.3) is 0 Å². The maximum absolute atomic E-state index is 12.5. The molecule has 2 fully saturated rings. The van der Waals surface area contributed by atoms with Gasteiger partial charge < -0.3 is 16.0 Å². The molecule has 6 nitrogen and oxygen atoms in total. The van der Waals surface area contributed by atoms with Crippen LogP contribution in [0.15, 0.2) is 24.4 Å². The molecule has 1 aliphatic carbocycles. The molecule has 1 aromatic heterocycles. The molecule has 0 radical (unpaired) electrons. The second-order valence-electron chi connectivity index (χ2n) is 7.42. The molecule has 138 valence electrons. The number of piperazine rings is 1. The quantitative estimate of drug-likeness (QED) is 0.807. The van der Waals surface area contributed by atoms with E-state index in [4.69, 9.17) is 5.73 Å². The van der Waals surface area contributed by atoms with Crippen LogP contribution in [0.5, 0.6) is 0 Å². The predicted molar refractivity (Wildman–Crippen MR) is 100 cm³/mol. The first-order valence-corrected chi connectivity index (χ1v) is 9.56. The fourth-order valence-corrected chi connectivity index (χ4v) is 4.15. The van der Waals surface area contributed by atoms with Crippen LogP contribution in [0.2, 0.25) is 0 Å². The number of hydrogen-bond donors (Lipinski definition) is 2. The lowest BCUT2D eigenvalue weighted by Gasteiger charge is -2.36. The zero-order valence-corrected chi connectivity index (χ0v) is 15.2. The number of amides is 1. The number of carbonyl (C=O) groups excluding carboxylic acids is 1. The lowest BCUT2D eigenvalue weighted by molar-refractivity contribution is -0.126. The van der Waals surface area contributed by atoms with Crippen LogP contribution in [-0.4, -0.2) is 61.1 Å². The number of hydrogen-bond acceptors (Lipinski definition) is 5. The van der Waals surface area contributed by atoms with E-state index in [2.05, 4.69) is 33.1 Å². The summed E-state index contributed by atoms with van der Waals surface area (Å²) in [5.41, 5.74) is 5.81. The van der Waals surface area contributed by atoms with Crippen molar-refractivity contribution in [2.45, 2.75) is 32.2 Å². The summed E-state index contributed by atoms with van der Waals surface area (Å²) >= 11 is 0. The van der Waals surface area contributed by atoms with Crippen LogP contribution >= 0.6 is 0 Å². The van der Waals surface area contributed by atoms with Gasteiger partial charge >= 0.3 is 0 Å². The highest BCUT2D eigenvalue weighted by molar-refractivity contribution is 5.79. The molecular weight excluding hydrogens is 314 g/mol. The van der Waals surface area contributed by atoms with Crippen LogP contribution in [0, 0.1) is 11.8 Å². The van der Waals surface area contributed by atoms with E-state index < -0.39 is 0 Å². The molecule has 25 heavy (non-hydrogen) atoms. The van der Waals surface area contributed by atoms with E-state index in [-0.39, 0.29) is 17.9 Å². The molecule has 1 saturated carbocycles. The molecule has 0 bridgehead atoms. The third kappa shape index (κ3) is 4.70. The Kier molecular flexibility index (Phi) is 6.26. The minimum absolute atomic E-state index is 0.119. The average Bonchev–Trinajstić information content (AvgIpc) is 3.12. The maximum atomic E-state index is 12.5. The highest BCUT2D eigenvalue weighted by Crippen LogP contribution is 2.31. The van der Waals surface area contributed by atoms with Crippen LogP contribution in [0.1, 0.15) is 26.2 Å². The van der Waals surface area contributed by atoms with Crippen LogP contribution in [0.3, 0.4) is 0 Å². The van der Waals surface area contributed by atoms with Gasteiger partial charge in [-0.3, -0.25) is 9.69 Å². The largest absolute Gasteiger partial charge is 0.354 e. The summed E-state index contributed by atoms with van der Waals surface area (Å²) in [5, 5.41) is 3.21. The Morgan fingerprint density at radius 3 is 2.80 bits per heavy atom. The van der Waals surface area contributed by atoms with Crippen molar-refractivity contribution in [1.29, 1.82) is 0 Å². The Labute approximate surface area is 150 Å². The zero-order valence-electron chi connectivity index (χ0n) is 15.2. The summed E-state index contributed by atoms with van der Waals surface area (Å²) in [6.45, 7) is 7.61. The van der Waals surface area contributed by atoms with Crippen molar-refractivity contribution in [2.75, 3.05) is 44.2 Å². The number of pyridine rings is 1. The van der Waals surface area contributed by atoms with Crippen molar-refractivity contribution in [3.8, 4) is 0 Å². The Bertz CT molecular complexity index is 544. The third-order valence-electron chi connectivity index (χ3n) is 5.56. The molecule has 1 saturated heterocycles. The van der Waals surface area contributed by atoms with Gasteiger partial charge in [-0.2, -0.15) is 0 Å². The van der Waals surface area contributed by atoms with Crippen LogP contribution in [-0.2, 0) is 4.79 Å². The monoisotopic (exact) mass is 345 g/mol. The minimum atomic E-state index is 0.119. The van der Waals surface area contributed by atoms with Crippen LogP contribution < -0.4 is 16.0 Å². The SMILES string of the molecule is CC(CN1CCN(c2ccccn2)CC1)NC(=O)[C@@H]1CCC[C@@H]1CN. The Balaban J connectivity index is 1.42. The third-order valence-corrected chi connectivity index (χ3v) is 5.56. The Morgan fingerprint density at radius 2 is 2.12 bits per heavy atom. The molecule has 1 unspecified atom stereocenters. The van der Waals surface area contributed by atoms with Gasteiger partial charge in [0.05, 0.1) is 0 Å². The van der Waals surface area contributed by atoms with Gasteiger partial charge in [-0.15, -0.1) is 0 Å². The average molecular weight is 345 g/mol. The molecule has 6 heteroatoms. The molecule has 1 aromatic rings. The Hall–Kier alpha value is -1.66. The van der Waals surface area contributed by atoms with Crippen molar-refractivity contribution in [2.24, 2.45) is 17.6 Å². The number of nitrogens with one attached hydrogen (secondary N) is 1. The number of rotatable bonds is 6. The van der Waals surface area contributed by atoms with Crippen molar-refractivity contribution >= 4 is 11.7 Å². The van der Waals surface area contributed by atoms with E-state index in [0.29, 0.717) is 12.5 Å². The van der Waals surface area contributed by atoms with Crippen molar-refractivity contribution in [1.82, 2.24) is 15.2 Å². The Morgan fingerprint density at radius 1 is 1.32 bits per heavy atom. The van der Waals surface area contributed by atoms with Gasteiger partial charge in [-0.25, -0.2) is 4.98 Å². The zero-order chi connectivity index (χ0) is 17.6. The normalized spacial score (nSPS) is 25.8. The molecule has 2 heterocycles.